The lowest BCUT2D eigenvalue weighted by molar-refractivity contribution is -0.123. The van der Waals surface area contributed by atoms with Crippen molar-refractivity contribution in [2.24, 2.45) is 5.73 Å². The molecular formula is C10H15N3O2. The molecule has 1 aromatic rings. The maximum atomic E-state index is 11.2. The van der Waals surface area contributed by atoms with Gasteiger partial charge in [-0.3, -0.25) is 4.79 Å². The van der Waals surface area contributed by atoms with Gasteiger partial charge in [0.2, 0.25) is 5.91 Å². The number of aliphatic hydroxyl groups excluding tert-OH is 1. The summed E-state index contributed by atoms with van der Waals surface area (Å²) in [5.74, 6) is -0.375. The minimum Gasteiger partial charge on any atom is -0.399 e. The molecule has 0 aliphatic rings. The van der Waals surface area contributed by atoms with Crippen molar-refractivity contribution in [3.8, 4) is 0 Å². The fraction of sp³-hybridized carbons (Fsp3) is 0.300. The van der Waals surface area contributed by atoms with E-state index in [1.807, 2.05) is 12.1 Å². The summed E-state index contributed by atoms with van der Waals surface area (Å²) in [6, 6.07) is 6.32. The minimum atomic E-state index is -0.869. The average molecular weight is 209 g/mol. The Bertz CT molecular complexity index is 341. The van der Waals surface area contributed by atoms with Crippen LogP contribution < -0.4 is 16.8 Å². The Kier molecular flexibility index (Phi) is 4.08. The smallest absolute Gasteiger partial charge is 0.239 e. The zero-order valence-electron chi connectivity index (χ0n) is 8.31. The first kappa shape index (κ1) is 11.5. The molecule has 1 atom stereocenters. The summed E-state index contributed by atoms with van der Waals surface area (Å²) < 4.78 is 0. The number of nitrogens with two attached hydrogens (primary N) is 2. The van der Waals surface area contributed by atoms with Crippen LogP contribution in [0.4, 0.5) is 5.69 Å². The fourth-order valence-electron chi connectivity index (χ4n) is 1.11. The molecule has 0 fully saturated rings. The first-order valence-electron chi connectivity index (χ1n) is 4.62. The molecule has 1 amide bonds. The number of hydrogen-bond acceptors (Lipinski definition) is 4. The SMILES string of the molecule is Nc1cccc(CNC(=O)C(N)CO)c1. The summed E-state index contributed by atoms with van der Waals surface area (Å²) >= 11 is 0. The van der Waals surface area contributed by atoms with Gasteiger partial charge in [0, 0.05) is 12.2 Å². The van der Waals surface area contributed by atoms with Crippen molar-refractivity contribution in [1.29, 1.82) is 0 Å². The number of benzene rings is 1. The van der Waals surface area contributed by atoms with E-state index in [9.17, 15) is 4.79 Å². The maximum absolute atomic E-state index is 11.2. The topological polar surface area (TPSA) is 101 Å². The first-order valence-corrected chi connectivity index (χ1v) is 4.62. The third-order valence-electron chi connectivity index (χ3n) is 1.95. The second kappa shape index (κ2) is 5.33. The number of amides is 1. The Hall–Kier alpha value is -1.59. The molecule has 5 heteroatoms. The summed E-state index contributed by atoms with van der Waals surface area (Å²) in [5.41, 5.74) is 12.4. The fourth-order valence-corrected chi connectivity index (χ4v) is 1.11. The summed E-state index contributed by atoms with van der Waals surface area (Å²) in [7, 11) is 0. The van der Waals surface area contributed by atoms with Crippen molar-refractivity contribution < 1.29 is 9.90 Å². The highest BCUT2D eigenvalue weighted by Crippen LogP contribution is 2.05. The monoisotopic (exact) mass is 209 g/mol. The van der Waals surface area contributed by atoms with Crippen molar-refractivity contribution in [2.45, 2.75) is 12.6 Å². The van der Waals surface area contributed by atoms with Crippen LogP contribution in [0.2, 0.25) is 0 Å². The number of carbonyl (C=O) groups excluding carboxylic acids is 1. The van der Waals surface area contributed by atoms with Crippen LogP contribution in [0.3, 0.4) is 0 Å². The van der Waals surface area contributed by atoms with E-state index in [2.05, 4.69) is 5.32 Å². The van der Waals surface area contributed by atoms with Gasteiger partial charge in [-0.2, -0.15) is 0 Å². The molecule has 5 nitrogen and oxygen atoms in total. The molecule has 0 bridgehead atoms. The van der Waals surface area contributed by atoms with Gasteiger partial charge in [-0.05, 0) is 17.7 Å². The van der Waals surface area contributed by atoms with Crippen LogP contribution in [-0.4, -0.2) is 23.7 Å². The number of nitrogens with one attached hydrogen (secondary N) is 1. The lowest BCUT2D eigenvalue weighted by Crippen LogP contribution is -2.42. The zero-order chi connectivity index (χ0) is 11.3. The molecule has 1 aromatic carbocycles. The van der Waals surface area contributed by atoms with Gasteiger partial charge in [0.1, 0.15) is 6.04 Å². The van der Waals surface area contributed by atoms with Gasteiger partial charge >= 0.3 is 0 Å². The molecule has 15 heavy (non-hydrogen) atoms. The van der Waals surface area contributed by atoms with Crippen molar-refractivity contribution in [3.63, 3.8) is 0 Å². The summed E-state index contributed by atoms with van der Waals surface area (Å²) in [6.45, 7) is 0.000333. The molecule has 0 saturated heterocycles. The maximum Gasteiger partial charge on any atom is 0.239 e. The third-order valence-corrected chi connectivity index (χ3v) is 1.95. The Morgan fingerprint density at radius 2 is 2.27 bits per heavy atom. The third kappa shape index (κ3) is 3.57. The number of carbonyl (C=O) groups is 1. The van der Waals surface area contributed by atoms with E-state index >= 15 is 0 Å². The van der Waals surface area contributed by atoms with Crippen LogP contribution in [0, 0.1) is 0 Å². The standard InChI is InChI=1S/C10H15N3O2/c11-8-3-1-2-7(4-8)5-13-10(15)9(12)6-14/h1-4,9,14H,5-6,11-12H2,(H,13,15). The number of nitrogen functional groups attached to an aromatic ring is 1. The van der Waals surface area contributed by atoms with E-state index in [0.29, 0.717) is 12.2 Å². The molecule has 0 radical (unpaired) electrons. The lowest BCUT2D eigenvalue weighted by Gasteiger charge is -2.09. The van der Waals surface area contributed by atoms with Crippen LogP contribution in [-0.2, 0) is 11.3 Å². The highest BCUT2D eigenvalue weighted by Gasteiger charge is 2.10. The predicted octanol–water partition coefficient (Wildman–Crippen LogP) is -0.795. The van der Waals surface area contributed by atoms with Crippen LogP contribution in [0.15, 0.2) is 24.3 Å². The van der Waals surface area contributed by atoms with Gasteiger partial charge in [-0.1, -0.05) is 12.1 Å². The van der Waals surface area contributed by atoms with Gasteiger partial charge in [0.15, 0.2) is 0 Å². The molecule has 0 spiro atoms. The number of anilines is 1. The van der Waals surface area contributed by atoms with Gasteiger partial charge in [-0.25, -0.2) is 0 Å². The number of hydrogen-bond donors (Lipinski definition) is 4. The molecule has 82 valence electrons. The molecule has 1 rings (SSSR count). The van der Waals surface area contributed by atoms with Crippen LogP contribution in [0.5, 0.6) is 0 Å². The molecule has 0 saturated carbocycles. The molecule has 0 aliphatic carbocycles. The molecule has 6 N–H and O–H groups in total. The number of aliphatic hydroxyl groups is 1. The normalized spacial score (nSPS) is 12.1. The molecule has 0 aliphatic heterocycles. The Morgan fingerprint density at radius 1 is 1.53 bits per heavy atom. The Labute approximate surface area is 88.1 Å². The zero-order valence-corrected chi connectivity index (χ0v) is 8.31. The lowest BCUT2D eigenvalue weighted by atomic mass is 10.2. The quantitative estimate of drug-likeness (QED) is 0.488. The van der Waals surface area contributed by atoms with E-state index in [-0.39, 0.29) is 12.5 Å². The van der Waals surface area contributed by atoms with E-state index in [4.69, 9.17) is 16.6 Å². The van der Waals surface area contributed by atoms with Crippen LogP contribution in [0.1, 0.15) is 5.56 Å². The van der Waals surface area contributed by atoms with E-state index in [1.165, 1.54) is 0 Å². The Morgan fingerprint density at radius 3 is 2.87 bits per heavy atom. The van der Waals surface area contributed by atoms with Crippen molar-refractivity contribution in [3.05, 3.63) is 29.8 Å². The van der Waals surface area contributed by atoms with E-state index in [1.54, 1.807) is 12.1 Å². The van der Waals surface area contributed by atoms with Gasteiger partial charge in [0.25, 0.3) is 0 Å². The van der Waals surface area contributed by atoms with Gasteiger partial charge in [-0.15, -0.1) is 0 Å². The van der Waals surface area contributed by atoms with E-state index < -0.39 is 6.04 Å². The summed E-state index contributed by atoms with van der Waals surface area (Å²) in [4.78, 5) is 11.2. The molecular weight excluding hydrogens is 194 g/mol. The Balaban J connectivity index is 2.47. The van der Waals surface area contributed by atoms with Crippen molar-refractivity contribution in [1.82, 2.24) is 5.32 Å². The van der Waals surface area contributed by atoms with E-state index in [0.717, 1.165) is 5.56 Å². The summed E-state index contributed by atoms with van der Waals surface area (Å²) in [6.07, 6.45) is 0. The first-order chi connectivity index (χ1) is 7.13. The largest absolute Gasteiger partial charge is 0.399 e. The van der Waals surface area contributed by atoms with Crippen molar-refractivity contribution in [2.75, 3.05) is 12.3 Å². The van der Waals surface area contributed by atoms with Crippen LogP contribution >= 0.6 is 0 Å². The number of rotatable bonds is 4. The second-order valence-electron chi connectivity index (χ2n) is 3.25. The highest BCUT2D eigenvalue weighted by atomic mass is 16.3. The minimum absolute atomic E-state index is 0.358. The predicted molar refractivity (Wildman–Crippen MR) is 57.8 cm³/mol. The summed E-state index contributed by atoms with van der Waals surface area (Å²) in [5, 5.41) is 11.2. The van der Waals surface area contributed by atoms with Crippen LogP contribution in [0.25, 0.3) is 0 Å². The molecule has 1 unspecified atom stereocenters. The van der Waals surface area contributed by atoms with Gasteiger partial charge < -0.3 is 21.9 Å². The average Bonchev–Trinajstić information content (AvgIpc) is 2.25. The van der Waals surface area contributed by atoms with Gasteiger partial charge in [0.05, 0.1) is 6.61 Å². The second-order valence-corrected chi connectivity index (χ2v) is 3.25. The molecule has 0 aromatic heterocycles. The molecule has 0 heterocycles. The highest BCUT2D eigenvalue weighted by molar-refractivity contribution is 5.81. The van der Waals surface area contributed by atoms with Crippen molar-refractivity contribution >= 4 is 11.6 Å².